The summed E-state index contributed by atoms with van der Waals surface area (Å²) in [4.78, 5) is 46.9. The Bertz CT molecular complexity index is 1110. The number of carbonyl (C=O) groups excluding carboxylic acids is 2. The Kier molecular flexibility index (Phi) is 5.66. The number of hydrogen-bond acceptors (Lipinski definition) is 5. The molecule has 1 saturated heterocycles. The first-order valence-electron chi connectivity index (χ1n) is 10.3. The molecule has 2 aliphatic rings. The Morgan fingerprint density at radius 1 is 1.25 bits per heavy atom. The van der Waals surface area contributed by atoms with Crippen LogP contribution in [0.2, 0.25) is 0 Å². The summed E-state index contributed by atoms with van der Waals surface area (Å²) >= 11 is 0. The summed E-state index contributed by atoms with van der Waals surface area (Å²) in [5.41, 5.74) is -2.14. The highest BCUT2D eigenvalue weighted by atomic mass is 19.4. The minimum absolute atomic E-state index is 0.0394. The third-order valence-corrected chi connectivity index (χ3v) is 5.70. The molecule has 11 heteroatoms. The van der Waals surface area contributed by atoms with Crippen molar-refractivity contribution in [3.8, 4) is 0 Å². The number of nitrogens with one attached hydrogen (secondary N) is 3. The number of H-pyrrole nitrogens is 1. The molecule has 2 amide bonds. The van der Waals surface area contributed by atoms with Gasteiger partial charge in [-0.3, -0.25) is 19.4 Å². The molecule has 170 valence electrons. The summed E-state index contributed by atoms with van der Waals surface area (Å²) < 4.78 is 39.8. The van der Waals surface area contributed by atoms with Crippen molar-refractivity contribution in [2.24, 2.45) is 5.92 Å². The van der Waals surface area contributed by atoms with Gasteiger partial charge in [-0.25, -0.2) is 0 Å². The van der Waals surface area contributed by atoms with Gasteiger partial charge in [0.15, 0.2) is 0 Å². The van der Waals surface area contributed by atoms with Gasteiger partial charge in [0.1, 0.15) is 5.82 Å². The maximum absolute atomic E-state index is 13.3. The molecule has 0 bridgehead atoms. The molecule has 2 unspecified atom stereocenters. The van der Waals surface area contributed by atoms with Crippen LogP contribution in [0.3, 0.4) is 0 Å². The molecule has 2 aromatic rings. The maximum atomic E-state index is 13.3. The third-order valence-electron chi connectivity index (χ3n) is 5.70. The first-order valence-corrected chi connectivity index (χ1v) is 10.3. The molecule has 0 aliphatic carbocycles. The average molecular weight is 449 g/mol. The highest BCUT2D eigenvalue weighted by Gasteiger charge is 2.38. The van der Waals surface area contributed by atoms with Gasteiger partial charge in [0.05, 0.1) is 22.7 Å². The van der Waals surface area contributed by atoms with Crippen LogP contribution in [0.4, 0.5) is 30.6 Å². The van der Waals surface area contributed by atoms with Gasteiger partial charge in [-0.2, -0.15) is 18.2 Å². The fourth-order valence-electron chi connectivity index (χ4n) is 4.17. The second-order valence-electron chi connectivity index (χ2n) is 8.18. The summed E-state index contributed by atoms with van der Waals surface area (Å²) in [6, 6.07) is 4.52. The first-order chi connectivity index (χ1) is 15.1. The van der Waals surface area contributed by atoms with E-state index in [-0.39, 0.29) is 17.8 Å². The molecule has 4 rings (SSSR count). The molecule has 1 aromatic heterocycles. The van der Waals surface area contributed by atoms with E-state index in [4.69, 9.17) is 0 Å². The number of aromatic amines is 1. The van der Waals surface area contributed by atoms with Crippen molar-refractivity contribution in [3.05, 3.63) is 45.7 Å². The lowest BCUT2D eigenvalue weighted by molar-refractivity contribution is -0.137. The molecule has 0 saturated carbocycles. The van der Waals surface area contributed by atoms with Crippen LogP contribution in [0.1, 0.15) is 43.2 Å². The number of rotatable bonds is 3. The van der Waals surface area contributed by atoms with Crippen LogP contribution in [-0.2, 0) is 15.8 Å². The second kappa shape index (κ2) is 8.29. The molecule has 0 radical (unpaired) electrons. The predicted octanol–water partition coefficient (Wildman–Crippen LogP) is 3.09. The van der Waals surface area contributed by atoms with Crippen LogP contribution in [0.5, 0.6) is 0 Å². The molecule has 2 atom stereocenters. The Morgan fingerprint density at radius 3 is 2.72 bits per heavy atom. The van der Waals surface area contributed by atoms with E-state index in [0.717, 1.165) is 25.0 Å². The topological polar surface area (TPSA) is 107 Å². The lowest BCUT2D eigenvalue weighted by atomic mass is 9.92. The number of halogens is 3. The van der Waals surface area contributed by atoms with E-state index in [1.807, 2.05) is 4.90 Å². The number of fused-ring (bicyclic) bond motifs is 1. The van der Waals surface area contributed by atoms with Crippen molar-refractivity contribution in [2.45, 2.75) is 38.3 Å². The van der Waals surface area contributed by atoms with Crippen molar-refractivity contribution in [1.82, 2.24) is 9.97 Å². The Balaban J connectivity index is 1.66. The van der Waals surface area contributed by atoms with E-state index >= 15 is 0 Å². The average Bonchev–Trinajstić information content (AvgIpc) is 2.72. The minimum Gasteiger partial charge on any atom is -0.342 e. The fraction of sp³-hybridized carbons (Fsp3) is 0.429. The number of piperidine rings is 1. The number of alkyl halides is 3. The highest BCUT2D eigenvalue weighted by molar-refractivity contribution is 6.04. The lowest BCUT2D eigenvalue weighted by Gasteiger charge is -2.32. The van der Waals surface area contributed by atoms with Gasteiger partial charge in [0, 0.05) is 19.5 Å². The van der Waals surface area contributed by atoms with Gasteiger partial charge in [-0.1, -0.05) is 19.1 Å². The van der Waals surface area contributed by atoms with Crippen molar-refractivity contribution in [3.63, 3.8) is 0 Å². The van der Waals surface area contributed by atoms with Crippen LogP contribution >= 0.6 is 0 Å². The van der Waals surface area contributed by atoms with E-state index in [9.17, 15) is 27.6 Å². The summed E-state index contributed by atoms with van der Waals surface area (Å²) in [7, 11) is 0. The zero-order chi connectivity index (χ0) is 23.0. The van der Waals surface area contributed by atoms with E-state index in [2.05, 4.69) is 27.5 Å². The van der Waals surface area contributed by atoms with Crippen molar-refractivity contribution < 1.29 is 22.8 Å². The van der Waals surface area contributed by atoms with E-state index in [0.29, 0.717) is 25.0 Å². The quantitative estimate of drug-likeness (QED) is 0.668. The molecular weight excluding hydrogens is 427 g/mol. The smallest absolute Gasteiger partial charge is 0.342 e. The standard InChI is InChI=1S/C21H22F3N5O3/c1-11-5-4-8-29(10-11)20-27-17-16(19(32)28-20)12(9-15(30)26-17)18(31)25-14-7-3-2-6-13(14)21(22,23)24/h2-3,6-7,11-12H,4-5,8-10H2,1H3,(H,25,31)(H2,26,27,28,30,32). The van der Waals surface area contributed by atoms with E-state index in [1.165, 1.54) is 12.1 Å². The van der Waals surface area contributed by atoms with Crippen LogP contribution in [0.15, 0.2) is 29.1 Å². The number of benzene rings is 1. The summed E-state index contributed by atoms with van der Waals surface area (Å²) in [6.45, 7) is 3.47. The third kappa shape index (κ3) is 4.32. The number of hydrogen-bond donors (Lipinski definition) is 3. The lowest BCUT2D eigenvalue weighted by Crippen LogP contribution is -2.40. The van der Waals surface area contributed by atoms with Gasteiger partial charge < -0.3 is 15.5 Å². The monoisotopic (exact) mass is 449 g/mol. The number of para-hydroxylation sites is 1. The highest BCUT2D eigenvalue weighted by Crippen LogP contribution is 2.36. The van der Waals surface area contributed by atoms with E-state index in [1.54, 1.807) is 0 Å². The zero-order valence-electron chi connectivity index (χ0n) is 17.3. The van der Waals surface area contributed by atoms with Gasteiger partial charge >= 0.3 is 6.18 Å². The van der Waals surface area contributed by atoms with Gasteiger partial charge in [-0.15, -0.1) is 0 Å². The molecule has 1 aromatic carbocycles. The maximum Gasteiger partial charge on any atom is 0.418 e. The number of carbonyl (C=O) groups is 2. The second-order valence-corrected chi connectivity index (χ2v) is 8.18. The molecule has 3 heterocycles. The molecule has 3 N–H and O–H groups in total. The number of amides is 2. The molecule has 2 aliphatic heterocycles. The fourth-order valence-corrected chi connectivity index (χ4v) is 4.17. The summed E-state index contributed by atoms with van der Waals surface area (Å²) in [6.07, 6.45) is -3.06. The number of nitrogens with zero attached hydrogens (tertiary/aromatic N) is 2. The van der Waals surface area contributed by atoms with Gasteiger partial charge in [0.2, 0.25) is 17.8 Å². The molecule has 8 nitrogen and oxygen atoms in total. The summed E-state index contributed by atoms with van der Waals surface area (Å²) in [5, 5.41) is 4.75. The summed E-state index contributed by atoms with van der Waals surface area (Å²) in [5.74, 6) is -2.04. The molecule has 32 heavy (non-hydrogen) atoms. The SMILES string of the molecule is CC1CCCN(c2nc3c(c(=O)[nH]2)C(C(=O)Nc2ccccc2C(F)(F)F)CC(=O)N3)C1. The van der Waals surface area contributed by atoms with Crippen LogP contribution < -0.4 is 21.1 Å². The Labute approximate surface area is 181 Å². The number of anilines is 3. The predicted molar refractivity (Wildman–Crippen MR) is 112 cm³/mol. The van der Waals surface area contributed by atoms with Crippen LogP contribution in [0, 0.1) is 5.92 Å². The van der Waals surface area contributed by atoms with Crippen molar-refractivity contribution in [1.29, 1.82) is 0 Å². The Hall–Kier alpha value is -3.37. The Morgan fingerprint density at radius 2 is 2.00 bits per heavy atom. The minimum atomic E-state index is -4.68. The van der Waals surface area contributed by atoms with E-state index < -0.39 is 40.7 Å². The van der Waals surface area contributed by atoms with Gasteiger partial charge in [-0.05, 0) is 30.9 Å². The molecule has 0 spiro atoms. The van der Waals surface area contributed by atoms with Crippen LogP contribution in [0.25, 0.3) is 0 Å². The largest absolute Gasteiger partial charge is 0.418 e. The zero-order valence-corrected chi connectivity index (χ0v) is 17.3. The van der Waals surface area contributed by atoms with Crippen molar-refractivity contribution >= 4 is 29.3 Å². The number of aromatic nitrogens is 2. The normalized spacial score (nSPS) is 21.0. The molecule has 1 fully saturated rings. The van der Waals surface area contributed by atoms with Crippen LogP contribution in [-0.4, -0.2) is 34.9 Å². The van der Waals surface area contributed by atoms with Gasteiger partial charge in [0.25, 0.3) is 5.56 Å². The van der Waals surface area contributed by atoms with Crippen molar-refractivity contribution in [2.75, 3.05) is 28.6 Å². The molecular formula is C21H22F3N5O3. The first kappa shape index (κ1) is 21.8.